The number of ketones is 5. The molecule has 0 aromatic heterocycles. The lowest BCUT2D eigenvalue weighted by molar-refractivity contribution is -0.146. The number of nitrogens with zero attached hydrogens (tertiary/aromatic N) is 1. The van der Waals surface area contributed by atoms with Crippen molar-refractivity contribution < 1.29 is 38.2 Å². The topological polar surface area (TPSA) is 116 Å². The minimum Gasteiger partial charge on any atom is -0.493 e. The van der Waals surface area contributed by atoms with Crippen molar-refractivity contribution in [3.05, 3.63) is 39.4 Å². The van der Waals surface area contributed by atoms with Gasteiger partial charge >= 0.3 is 0 Å². The van der Waals surface area contributed by atoms with Gasteiger partial charge in [-0.3, -0.25) is 24.0 Å². The van der Waals surface area contributed by atoms with E-state index in [1.165, 1.54) is 0 Å². The Hall–Kier alpha value is -3.59. The van der Waals surface area contributed by atoms with Crippen LogP contribution in [0.15, 0.2) is 22.7 Å². The molecule has 9 heteroatoms. The zero-order chi connectivity index (χ0) is 43.6. The number of carbonyl (C=O) groups excluding carboxylic acids is 5. The van der Waals surface area contributed by atoms with Gasteiger partial charge in [0.25, 0.3) is 0 Å². The molecule has 0 fully saturated rings. The zero-order valence-electron chi connectivity index (χ0n) is 38.5. The van der Waals surface area contributed by atoms with Crippen molar-refractivity contribution in [3.63, 3.8) is 0 Å². The van der Waals surface area contributed by atoms with Gasteiger partial charge in [0.2, 0.25) is 0 Å². The molecule has 2 atom stereocenters. The predicted molar refractivity (Wildman–Crippen MR) is 228 cm³/mol. The third kappa shape index (κ3) is 7.13. The molecule has 0 unspecified atom stereocenters. The summed E-state index contributed by atoms with van der Waals surface area (Å²) in [4.78, 5) is 75.1. The maximum atomic E-state index is 14.9. The van der Waals surface area contributed by atoms with Gasteiger partial charge in [0.1, 0.15) is 34.3 Å². The molecule has 4 aliphatic rings. The molecule has 0 radical (unpaired) electrons. The van der Waals surface area contributed by atoms with E-state index in [-0.39, 0.29) is 69.3 Å². The van der Waals surface area contributed by atoms with E-state index in [1.807, 2.05) is 41.5 Å². The number of benzene rings is 1. The van der Waals surface area contributed by atoms with Crippen LogP contribution >= 0.6 is 0 Å². The monoisotopic (exact) mass is 802 g/mol. The highest BCUT2D eigenvalue weighted by atomic mass is 16.5. The van der Waals surface area contributed by atoms with Crippen molar-refractivity contribution in [2.24, 2.45) is 39.4 Å². The van der Waals surface area contributed by atoms with E-state index in [0.717, 1.165) is 45.3 Å². The number of ether oxygens (including phenoxy) is 3. The molecule has 9 nitrogen and oxygen atoms in total. The highest BCUT2D eigenvalue weighted by Crippen LogP contribution is 2.64. The lowest BCUT2D eigenvalue weighted by Crippen LogP contribution is -2.52. The van der Waals surface area contributed by atoms with E-state index in [2.05, 4.69) is 18.7 Å². The molecule has 320 valence electrons. The molecule has 0 saturated carbocycles. The molecule has 1 aromatic carbocycles. The van der Waals surface area contributed by atoms with Gasteiger partial charge in [-0.25, -0.2) is 0 Å². The van der Waals surface area contributed by atoms with Gasteiger partial charge < -0.3 is 19.1 Å². The van der Waals surface area contributed by atoms with Crippen molar-refractivity contribution in [3.8, 4) is 17.2 Å². The second-order valence-electron chi connectivity index (χ2n) is 20.4. The summed E-state index contributed by atoms with van der Waals surface area (Å²) in [6.45, 7) is 33.3. The molecule has 1 aromatic rings. The van der Waals surface area contributed by atoms with Crippen LogP contribution in [0.4, 0.5) is 0 Å². The Bertz CT molecular complexity index is 1830. The Labute approximate surface area is 348 Å². The zero-order valence-corrected chi connectivity index (χ0v) is 38.5. The first-order valence-electron chi connectivity index (χ1n) is 22.0. The SMILES string of the molecule is CCCCN(CCCC)CCCOc1c2c(c(C(=O)C(C)C)c3c1[C@@H](C(C)C)C1=C(O3)C(C)(C)C(=O)C(C)(C)C1=O)OC1=C(C(=O)C(C)(C)C(=O)C1(C)C)[C@H]2C(C)C. The molecule has 0 amide bonds. The Morgan fingerprint density at radius 2 is 1.00 bits per heavy atom. The van der Waals surface area contributed by atoms with Crippen molar-refractivity contribution in [2.45, 2.75) is 155 Å². The van der Waals surface area contributed by atoms with Gasteiger partial charge in [0, 0.05) is 46.6 Å². The van der Waals surface area contributed by atoms with Gasteiger partial charge in [-0.15, -0.1) is 0 Å². The fourth-order valence-electron chi connectivity index (χ4n) is 10.0. The number of fused-ring (bicyclic) bond motifs is 2. The number of hydrogen-bond acceptors (Lipinski definition) is 9. The molecule has 0 spiro atoms. The standard InChI is InChI=1S/C49H71NO8/c1-17-19-22-50(23-20-18-2)24-21-25-56-37-31-29(26(3)4)33-40(52)46(9,10)44(54)48(13,14)42(33)57-38(31)35(36(51)28(7)8)39-32(37)30(27(5)6)34-41(53)47(11,12)45(55)49(15,16)43(34)58-39/h26-30H,17-25H2,1-16H3/t29-,30+. The highest BCUT2D eigenvalue weighted by Gasteiger charge is 2.61. The number of unbranched alkanes of at least 4 members (excludes halogenated alkanes) is 2. The van der Waals surface area contributed by atoms with E-state index < -0.39 is 39.4 Å². The first-order chi connectivity index (χ1) is 26.8. The third-order valence-corrected chi connectivity index (χ3v) is 13.2. The molecule has 2 aliphatic heterocycles. The average molecular weight is 802 g/mol. The van der Waals surface area contributed by atoms with E-state index in [9.17, 15) is 24.0 Å². The van der Waals surface area contributed by atoms with Gasteiger partial charge in [-0.2, -0.15) is 0 Å². The molecular formula is C49H71NO8. The summed E-state index contributed by atoms with van der Waals surface area (Å²) < 4.78 is 21.0. The molecule has 0 N–H and O–H groups in total. The first kappa shape index (κ1) is 45.5. The maximum absolute atomic E-state index is 14.9. The van der Waals surface area contributed by atoms with Crippen molar-refractivity contribution in [1.82, 2.24) is 4.90 Å². The van der Waals surface area contributed by atoms with Crippen LogP contribution in [0, 0.1) is 39.4 Å². The largest absolute Gasteiger partial charge is 0.493 e. The molecule has 58 heavy (non-hydrogen) atoms. The number of rotatable bonds is 15. The van der Waals surface area contributed by atoms with Crippen LogP contribution in [0.2, 0.25) is 0 Å². The fraction of sp³-hybridized carbons (Fsp3) is 0.694. The van der Waals surface area contributed by atoms with Gasteiger partial charge in [-0.1, -0.05) is 68.2 Å². The summed E-state index contributed by atoms with van der Waals surface area (Å²) in [6.07, 6.45) is 5.15. The Morgan fingerprint density at radius 1 is 0.621 bits per heavy atom. The van der Waals surface area contributed by atoms with E-state index in [4.69, 9.17) is 14.2 Å². The molecule has 0 saturated heterocycles. The van der Waals surface area contributed by atoms with Crippen molar-refractivity contribution in [2.75, 3.05) is 26.2 Å². The molecular weight excluding hydrogens is 731 g/mol. The van der Waals surface area contributed by atoms with Crippen LogP contribution in [0.3, 0.4) is 0 Å². The van der Waals surface area contributed by atoms with Crippen LogP contribution in [0.25, 0.3) is 0 Å². The lowest BCUT2D eigenvalue weighted by Gasteiger charge is -2.48. The number of carbonyl (C=O) groups is 5. The Kier molecular flexibility index (Phi) is 12.6. The molecule has 0 bridgehead atoms. The summed E-state index contributed by atoms with van der Waals surface area (Å²) in [7, 11) is 0. The third-order valence-electron chi connectivity index (χ3n) is 13.2. The van der Waals surface area contributed by atoms with Crippen LogP contribution in [0.1, 0.15) is 176 Å². The molecule has 2 aliphatic carbocycles. The number of hydrogen-bond donors (Lipinski definition) is 0. The quantitative estimate of drug-likeness (QED) is 0.0971. The van der Waals surface area contributed by atoms with Gasteiger partial charge in [-0.05, 0) is 99.6 Å². The summed E-state index contributed by atoms with van der Waals surface area (Å²) in [5, 5.41) is 0. The van der Waals surface area contributed by atoms with Gasteiger partial charge in [0.15, 0.2) is 28.9 Å². The fourth-order valence-corrected chi connectivity index (χ4v) is 10.0. The number of Topliss-reactive ketones (excluding diaryl/α,β-unsaturated/α-hetero) is 5. The predicted octanol–water partition coefficient (Wildman–Crippen LogP) is 10.4. The van der Waals surface area contributed by atoms with E-state index in [1.54, 1.807) is 55.4 Å². The van der Waals surface area contributed by atoms with Crippen LogP contribution in [0.5, 0.6) is 17.2 Å². The van der Waals surface area contributed by atoms with Crippen molar-refractivity contribution in [1.29, 1.82) is 0 Å². The van der Waals surface area contributed by atoms with Gasteiger partial charge in [0.05, 0.1) is 28.3 Å². The normalized spacial score (nSPS) is 22.9. The summed E-state index contributed by atoms with van der Waals surface area (Å²) in [5.41, 5.74) is -2.82. The Morgan fingerprint density at radius 3 is 1.34 bits per heavy atom. The Balaban J connectivity index is 1.89. The number of allylic oxidation sites excluding steroid dienone is 4. The van der Waals surface area contributed by atoms with E-state index >= 15 is 0 Å². The van der Waals surface area contributed by atoms with Crippen LogP contribution in [-0.2, 0) is 19.2 Å². The minimum absolute atomic E-state index is 0.188. The minimum atomic E-state index is -1.32. The van der Waals surface area contributed by atoms with Crippen LogP contribution in [-0.4, -0.2) is 60.1 Å². The smallest absolute Gasteiger partial charge is 0.175 e. The summed E-state index contributed by atoms with van der Waals surface area (Å²) >= 11 is 0. The second-order valence-corrected chi connectivity index (χ2v) is 20.4. The average Bonchev–Trinajstić information content (AvgIpc) is 3.15. The molecule has 5 rings (SSSR count). The lowest BCUT2D eigenvalue weighted by atomic mass is 9.58. The second kappa shape index (κ2) is 16.1. The summed E-state index contributed by atoms with van der Waals surface area (Å²) in [5.74, 6) is -2.08. The maximum Gasteiger partial charge on any atom is 0.175 e. The van der Waals surface area contributed by atoms with Crippen molar-refractivity contribution >= 4 is 28.9 Å². The molecule has 2 heterocycles. The first-order valence-corrected chi connectivity index (χ1v) is 22.0. The summed E-state index contributed by atoms with van der Waals surface area (Å²) in [6, 6.07) is 0. The van der Waals surface area contributed by atoms with Crippen LogP contribution < -0.4 is 14.2 Å². The highest BCUT2D eigenvalue weighted by molar-refractivity contribution is 6.21. The van der Waals surface area contributed by atoms with E-state index in [0.29, 0.717) is 41.1 Å².